The van der Waals surface area contributed by atoms with Crippen molar-refractivity contribution in [1.29, 1.82) is 0 Å². The van der Waals surface area contributed by atoms with Crippen LogP contribution < -0.4 is 5.32 Å². The molecule has 3 amide bonds. The van der Waals surface area contributed by atoms with E-state index in [1.165, 1.54) is 24.3 Å². The molecule has 1 aliphatic rings. The number of amides is 3. The highest BCUT2D eigenvalue weighted by atomic mass is 32.2. The molecule has 0 saturated carbocycles. The van der Waals surface area contributed by atoms with Crippen LogP contribution in [0.2, 0.25) is 0 Å². The van der Waals surface area contributed by atoms with E-state index in [1.807, 2.05) is 6.92 Å². The van der Waals surface area contributed by atoms with E-state index in [2.05, 4.69) is 5.32 Å². The monoisotopic (exact) mass is 513 g/mol. The van der Waals surface area contributed by atoms with Gasteiger partial charge in [0.25, 0.3) is 16.8 Å². The van der Waals surface area contributed by atoms with Gasteiger partial charge in [0.2, 0.25) is 5.91 Å². The highest BCUT2D eigenvalue weighted by Gasteiger charge is 2.36. The van der Waals surface area contributed by atoms with E-state index in [-0.39, 0.29) is 33.4 Å². The Morgan fingerprint density at radius 3 is 2.56 bits per heavy atom. The Hall–Kier alpha value is -4.32. The maximum absolute atomic E-state index is 13.8. The maximum Gasteiger partial charge on any atom is 0.294 e. The predicted molar refractivity (Wildman–Crippen MR) is 128 cm³/mol. The van der Waals surface area contributed by atoms with E-state index >= 15 is 0 Å². The lowest BCUT2D eigenvalue weighted by Gasteiger charge is -2.12. The molecule has 3 aromatic rings. The van der Waals surface area contributed by atoms with Crippen LogP contribution in [0, 0.1) is 35.6 Å². The molecular weight excluding hydrogens is 496 g/mol. The number of nitro benzene ring substituents is 1. The summed E-state index contributed by atoms with van der Waals surface area (Å²) in [6, 6.07) is 8.64. The number of carbonyl (C=O) groups excluding carboxylic acids is 3. The van der Waals surface area contributed by atoms with Crippen LogP contribution in [-0.2, 0) is 9.59 Å². The first-order valence-electron chi connectivity index (χ1n) is 10.4. The molecule has 36 heavy (non-hydrogen) atoms. The Bertz CT molecular complexity index is 1470. The number of aryl methyl sites for hydroxylation is 2. The van der Waals surface area contributed by atoms with Gasteiger partial charge in [0.15, 0.2) is 0 Å². The molecule has 1 N–H and O–H groups in total. The Kier molecular flexibility index (Phi) is 6.71. The number of rotatable bonds is 6. The van der Waals surface area contributed by atoms with Gasteiger partial charge in [-0.25, -0.2) is 8.78 Å². The normalized spacial score (nSPS) is 14.6. The number of anilines is 1. The summed E-state index contributed by atoms with van der Waals surface area (Å²) in [6.07, 6.45) is 1.29. The molecule has 1 fully saturated rings. The van der Waals surface area contributed by atoms with Crippen molar-refractivity contribution in [3.8, 4) is 11.3 Å². The van der Waals surface area contributed by atoms with Crippen LogP contribution >= 0.6 is 11.8 Å². The number of furan rings is 1. The third-order valence-electron chi connectivity index (χ3n) is 5.35. The molecule has 0 spiro atoms. The van der Waals surface area contributed by atoms with Gasteiger partial charge in [-0.3, -0.25) is 29.4 Å². The lowest BCUT2D eigenvalue weighted by molar-refractivity contribution is -0.384. The summed E-state index contributed by atoms with van der Waals surface area (Å²) in [7, 11) is 0. The van der Waals surface area contributed by atoms with E-state index < -0.39 is 40.2 Å². The fraction of sp³-hybridized carbons (Fsp3) is 0.125. The lowest BCUT2D eigenvalue weighted by Crippen LogP contribution is -2.36. The van der Waals surface area contributed by atoms with Crippen LogP contribution in [0.15, 0.2) is 51.8 Å². The van der Waals surface area contributed by atoms with E-state index in [0.717, 1.165) is 23.3 Å². The van der Waals surface area contributed by atoms with Crippen LogP contribution in [0.5, 0.6) is 0 Å². The lowest BCUT2D eigenvalue weighted by atomic mass is 10.0. The van der Waals surface area contributed by atoms with E-state index in [4.69, 9.17) is 4.42 Å². The molecule has 0 unspecified atom stereocenters. The number of nitrogens with one attached hydrogen (secondary N) is 1. The van der Waals surface area contributed by atoms with Crippen molar-refractivity contribution < 1.29 is 32.5 Å². The zero-order chi connectivity index (χ0) is 26.1. The molecule has 0 bridgehead atoms. The molecule has 0 atom stereocenters. The van der Waals surface area contributed by atoms with E-state index in [9.17, 15) is 33.3 Å². The number of nitro groups is 1. The maximum atomic E-state index is 13.8. The zero-order valence-corrected chi connectivity index (χ0v) is 19.7. The van der Waals surface area contributed by atoms with Gasteiger partial charge >= 0.3 is 0 Å². The van der Waals surface area contributed by atoms with Crippen molar-refractivity contribution in [2.45, 2.75) is 13.8 Å². The second kappa shape index (κ2) is 9.74. The number of benzene rings is 2. The summed E-state index contributed by atoms with van der Waals surface area (Å²) in [4.78, 5) is 48.9. The summed E-state index contributed by atoms with van der Waals surface area (Å²) >= 11 is 0.574. The summed E-state index contributed by atoms with van der Waals surface area (Å²) in [5.41, 5.74) is 1.40. The Morgan fingerprint density at radius 2 is 1.86 bits per heavy atom. The molecule has 1 saturated heterocycles. The summed E-state index contributed by atoms with van der Waals surface area (Å²) < 4.78 is 32.5. The topological polar surface area (TPSA) is 123 Å². The Morgan fingerprint density at radius 1 is 1.14 bits per heavy atom. The standard InChI is InChI=1S/C24H17F2N3O6S/c1-12-7-16(19(29(33)34)8-13(12)2)20-6-4-15(35-20)10-21-23(31)28(24(32)36-21)11-22(30)27-18-5-3-14(25)9-17(18)26/h3-10H,11H2,1-2H3,(H,27,30)/b21-10-. The molecule has 4 rings (SSSR count). The van der Waals surface area contributed by atoms with Crippen LogP contribution in [0.4, 0.5) is 25.0 Å². The van der Waals surface area contributed by atoms with Crippen molar-refractivity contribution in [2.75, 3.05) is 11.9 Å². The van der Waals surface area contributed by atoms with E-state index in [0.29, 0.717) is 22.7 Å². The Balaban J connectivity index is 1.51. The van der Waals surface area contributed by atoms with Crippen LogP contribution in [-0.4, -0.2) is 33.4 Å². The quantitative estimate of drug-likeness (QED) is 0.265. The second-order valence-corrected chi connectivity index (χ2v) is 8.85. The van der Waals surface area contributed by atoms with Crippen molar-refractivity contribution in [3.05, 3.63) is 86.0 Å². The number of carbonyl (C=O) groups is 3. The van der Waals surface area contributed by atoms with Gasteiger partial charge in [0, 0.05) is 18.2 Å². The second-order valence-electron chi connectivity index (χ2n) is 7.85. The molecule has 184 valence electrons. The van der Waals surface area contributed by atoms with Crippen molar-refractivity contribution >= 4 is 46.3 Å². The number of imide groups is 1. The zero-order valence-electron chi connectivity index (χ0n) is 18.8. The van der Waals surface area contributed by atoms with Gasteiger partial charge in [-0.2, -0.15) is 0 Å². The van der Waals surface area contributed by atoms with Gasteiger partial charge in [0.1, 0.15) is 29.7 Å². The van der Waals surface area contributed by atoms with Gasteiger partial charge in [0.05, 0.1) is 21.1 Å². The average molecular weight is 513 g/mol. The van der Waals surface area contributed by atoms with Gasteiger partial charge in [-0.15, -0.1) is 0 Å². The van der Waals surface area contributed by atoms with Crippen molar-refractivity contribution in [3.63, 3.8) is 0 Å². The van der Waals surface area contributed by atoms with Gasteiger partial charge in [-0.1, -0.05) is 0 Å². The third kappa shape index (κ3) is 5.03. The molecule has 1 aromatic heterocycles. The van der Waals surface area contributed by atoms with Crippen LogP contribution in [0.1, 0.15) is 16.9 Å². The number of thioether (sulfide) groups is 1. The largest absolute Gasteiger partial charge is 0.456 e. The first-order valence-corrected chi connectivity index (χ1v) is 11.2. The van der Waals surface area contributed by atoms with Gasteiger partial charge in [-0.05, 0) is 67.1 Å². The summed E-state index contributed by atoms with van der Waals surface area (Å²) in [5, 5.41) is 12.9. The smallest absolute Gasteiger partial charge is 0.294 e. The highest BCUT2D eigenvalue weighted by Crippen LogP contribution is 2.36. The third-order valence-corrected chi connectivity index (χ3v) is 6.26. The first kappa shape index (κ1) is 24.8. The van der Waals surface area contributed by atoms with Crippen LogP contribution in [0.25, 0.3) is 17.4 Å². The fourth-order valence-electron chi connectivity index (χ4n) is 3.41. The molecule has 12 heteroatoms. The number of hydrogen-bond donors (Lipinski definition) is 1. The number of hydrogen-bond acceptors (Lipinski definition) is 7. The molecule has 2 heterocycles. The summed E-state index contributed by atoms with van der Waals surface area (Å²) in [5.74, 6) is -3.08. The van der Waals surface area contributed by atoms with Crippen molar-refractivity contribution in [1.82, 2.24) is 4.90 Å². The van der Waals surface area contributed by atoms with Gasteiger partial charge < -0.3 is 9.73 Å². The highest BCUT2D eigenvalue weighted by molar-refractivity contribution is 8.18. The molecular formula is C24H17F2N3O6S. The average Bonchev–Trinajstić information content (AvgIpc) is 3.37. The SMILES string of the molecule is Cc1cc(-c2ccc(/C=C3\SC(=O)N(CC(=O)Nc4ccc(F)cc4F)C3=O)o2)c([N+](=O)[O-])cc1C. The minimum atomic E-state index is -1.00. The first-order chi connectivity index (χ1) is 17.0. The van der Waals surface area contributed by atoms with Crippen LogP contribution in [0.3, 0.4) is 0 Å². The minimum absolute atomic E-state index is 0.0313. The fourth-order valence-corrected chi connectivity index (χ4v) is 4.23. The molecule has 0 radical (unpaired) electrons. The van der Waals surface area contributed by atoms with Crippen molar-refractivity contribution in [2.24, 2.45) is 0 Å². The summed E-state index contributed by atoms with van der Waals surface area (Å²) in [6.45, 7) is 2.88. The number of halogens is 2. The minimum Gasteiger partial charge on any atom is -0.456 e. The molecule has 9 nitrogen and oxygen atoms in total. The number of nitrogens with zero attached hydrogens (tertiary/aromatic N) is 2. The van der Waals surface area contributed by atoms with E-state index in [1.54, 1.807) is 13.0 Å². The Labute approximate surface area is 206 Å². The molecule has 1 aliphatic heterocycles. The molecule has 0 aliphatic carbocycles. The predicted octanol–water partition coefficient (Wildman–Crippen LogP) is 5.42. The molecule has 2 aromatic carbocycles.